The normalized spacial score (nSPS) is 11.7. The topological polar surface area (TPSA) is 99.3 Å². The number of nitro benzene ring substituents is 1. The number of nitro groups is 1. The fraction of sp³-hybridized carbons (Fsp3) is 0.200. The molecule has 1 heterocycles. The van der Waals surface area contributed by atoms with E-state index in [2.05, 4.69) is 10.3 Å². The van der Waals surface area contributed by atoms with E-state index in [0.29, 0.717) is 11.4 Å². The van der Waals surface area contributed by atoms with Gasteiger partial charge in [0.05, 0.1) is 24.4 Å². The van der Waals surface area contributed by atoms with Gasteiger partial charge in [0.15, 0.2) is 0 Å². The Morgan fingerprint density at radius 2 is 2.07 bits per heavy atom. The molecular weight excluding hydrogens is 360 g/mol. The van der Waals surface area contributed by atoms with Crippen molar-refractivity contribution in [2.45, 2.75) is 19.9 Å². The molecule has 1 aromatic heterocycles. The zero-order valence-electron chi connectivity index (χ0n) is 15.7. The van der Waals surface area contributed by atoms with Gasteiger partial charge in [-0.2, -0.15) is 0 Å². The maximum atomic E-state index is 12.7. The maximum Gasteiger partial charge on any atom is 0.294 e. The van der Waals surface area contributed by atoms with Gasteiger partial charge in [0.25, 0.3) is 11.6 Å². The van der Waals surface area contributed by atoms with Crippen LogP contribution in [0.1, 0.15) is 34.5 Å². The van der Waals surface area contributed by atoms with Crippen LogP contribution < -0.4 is 10.1 Å². The van der Waals surface area contributed by atoms with E-state index in [1.165, 1.54) is 29.2 Å². The molecule has 1 N–H and O–H groups in total. The molecule has 3 rings (SSSR count). The molecule has 8 nitrogen and oxygen atoms in total. The number of methoxy groups -OCH3 is 1. The molecule has 0 radical (unpaired) electrons. The number of hydrogen-bond acceptors (Lipinski definition) is 5. The van der Waals surface area contributed by atoms with Crippen LogP contribution in [-0.2, 0) is 0 Å². The summed E-state index contributed by atoms with van der Waals surface area (Å²) in [5.41, 5.74) is 2.24. The molecule has 28 heavy (non-hydrogen) atoms. The van der Waals surface area contributed by atoms with Crippen LogP contribution in [0, 0.1) is 17.0 Å². The third-order valence-corrected chi connectivity index (χ3v) is 4.42. The van der Waals surface area contributed by atoms with E-state index in [0.717, 1.165) is 11.1 Å². The number of imidazole rings is 1. The molecule has 1 unspecified atom stereocenters. The minimum Gasteiger partial charge on any atom is -0.496 e. The minimum absolute atomic E-state index is 0.175. The number of carbonyl (C=O) groups is 1. The number of ether oxygens (including phenoxy) is 1. The van der Waals surface area contributed by atoms with Gasteiger partial charge in [-0.05, 0) is 32.0 Å². The van der Waals surface area contributed by atoms with Gasteiger partial charge in [0.2, 0.25) is 0 Å². The fourth-order valence-electron chi connectivity index (χ4n) is 2.98. The van der Waals surface area contributed by atoms with Crippen LogP contribution in [0.2, 0.25) is 0 Å². The molecule has 0 fully saturated rings. The van der Waals surface area contributed by atoms with Gasteiger partial charge in [-0.3, -0.25) is 14.9 Å². The lowest BCUT2D eigenvalue weighted by atomic mass is 10.0. The zero-order valence-corrected chi connectivity index (χ0v) is 15.7. The van der Waals surface area contributed by atoms with Crippen molar-refractivity contribution in [1.82, 2.24) is 14.9 Å². The highest BCUT2D eigenvalue weighted by molar-refractivity contribution is 5.95. The smallest absolute Gasteiger partial charge is 0.294 e. The number of carbonyl (C=O) groups excluding carboxylic acids is 1. The lowest BCUT2D eigenvalue weighted by Crippen LogP contribution is -2.27. The van der Waals surface area contributed by atoms with Crippen molar-refractivity contribution >= 4 is 11.6 Å². The molecule has 0 aliphatic rings. The molecule has 1 amide bonds. The summed E-state index contributed by atoms with van der Waals surface area (Å²) < 4.78 is 6.89. The quantitative estimate of drug-likeness (QED) is 0.520. The van der Waals surface area contributed by atoms with Gasteiger partial charge in [0.1, 0.15) is 11.4 Å². The molecule has 1 atom stereocenters. The molecule has 0 bridgehead atoms. The summed E-state index contributed by atoms with van der Waals surface area (Å²) in [5.74, 6) is 0.260. The van der Waals surface area contributed by atoms with Crippen LogP contribution in [0.25, 0.3) is 5.69 Å². The predicted octanol–water partition coefficient (Wildman–Crippen LogP) is 3.59. The predicted molar refractivity (Wildman–Crippen MR) is 104 cm³/mol. The van der Waals surface area contributed by atoms with Crippen LogP contribution in [0.3, 0.4) is 0 Å². The molecule has 0 spiro atoms. The van der Waals surface area contributed by atoms with Crippen molar-refractivity contribution in [3.05, 3.63) is 81.9 Å². The summed E-state index contributed by atoms with van der Waals surface area (Å²) >= 11 is 0. The summed E-state index contributed by atoms with van der Waals surface area (Å²) in [5, 5.41) is 14.4. The average Bonchev–Trinajstić information content (AvgIpc) is 3.21. The Morgan fingerprint density at radius 3 is 2.71 bits per heavy atom. The number of rotatable bonds is 6. The third-order valence-electron chi connectivity index (χ3n) is 4.42. The lowest BCUT2D eigenvalue weighted by Gasteiger charge is -2.18. The van der Waals surface area contributed by atoms with Crippen molar-refractivity contribution in [2.75, 3.05) is 7.11 Å². The largest absolute Gasteiger partial charge is 0.496 e. The number of amides is 1. The number of aromatic nitrogens is 2. The molecular formula is C20H20N4O4. The third kappa shape index (κ3) is 3.85. The second-order valence-corrected chi connectivity index (χ2v) is 6.37. The summed E-state index contributed by atoms with van der Waals surface area (Å²) in [7, 11) is 1.57. The SMILES string of the molecule is COc1ccc(C)cc1C(C)NC(=O)c1ccc(-n2ccnc2)c([N+](=O)[O-])c1. The van der Waals surface area contributed by atoms with Gasteiger partial charge in [0, 0.05) is 29.6 Å². The standard InChI is InChI=1S/C20H20N4O4/c1-13-4-7-19(28-3)16(10-13)14(2)22-20(25)15-5-6-17(18(11-15)24(26)27)23-9-8-21-12-23/h4-12,14H,1-3H3,(H,22,25). The first-order valence-electron chi connectivity index (χ1n) is 8.63. The Bertz CT molecular complexity index is 1020. The molecule has 8 heteroatoms. The van der Waals surface area contributed by atoms with Crippen molar-refractivity contribution in [3.63, 3.8) is 0 Å². The van der Waals surface area contributed by atoms with Crippen molar-refractivity contribution < 1.29 is 14.5 Å². The van der Waals surface area contributed by atoms with Gasteiger partial charge < -0.3 is 14.6 Å². The fourth-order valence-corrected chi connectivity index (χ4v) is 2.98. The summed E-state index contributed by atoms with van der Waals surface area (Å²) in [6.45, 7) is 3.79. The molecule has 144 valence electrons. The minimum atomic E-state index is -0.515. The molecule has 2 aromatic carbocycles. The van der Waals surface area contributed by atoms with E-state index >= 15 is 0 Å². The highest BCUT2D eigenvalue weighted by Gasteiger charge is 2.21. The number of nitrogens with one attached hydrogen (secondary N) is 1. The Kier molecular flexibility index (Phi) is 5.39. The van der Waals surface area contributed by atoms with Crippen LogP contribution in [0.15, 0.2) is 55.1 Å². The number of nitrogens with zero attached hydrogens (tertiary/aromatic N) is 3. The maximum absolute atomic E-state index is 12.7. The van der Waals surface area contributed by atoms with Crippen molar-refractivity contribution in [2.24, 2.45) is 0 Å². The first-order valence-corrected chi connectivity index (χ1v) is 8.63. The second-order valence-electron chi connectivity index (χ2n) is 6.37. The van der Waals surface area contributed by atoms with Crippen molar-refractivity contribution in [1.29, 1.82) is 0 Å². The molecule has 0 saturated carbocycles. The molecule has 0 aliphatic carbocycles. The van der Waals surface area contributed by atoms with Crippen LogP contribution in [0.5, 0.6) is 5.75 Å². The van der Waals surface area contributed by atoms with Gasteiger partial charge in [-0.15, -0.1) is 0 Å². The van der Waals surface area contributed by atoms with E-state index < -0.39 is 10.8 Å². The highest BCUT2D eigenvalue weighted by atomic mass is 16.6. The summed E-state index contributed by atoms with van der Waals surface area (Å²) in [4.78, 5) is 27.6. The summed E-state index contributed by atoms with van der Waals surface area (Å²) in [6, 6.07) is 9.73. The van der Waals surface area contributed by atoms with E-state index in [4.69, 9.17) is 4.74 Å². The Morgan fingerprint density at radius 1 is 1.29 bits per heavy atom. The highest BCUT2D eigenvalue weighted by Crippen LogP contribution is 2.27. The Labute approximate surface area is 161 Å². The molecule has 0 saturated heterocycles. The van der Waals surface area contributed by atoms with Gasteiger partial charge in [-0.25, -0.2) is 4.98 Å². The molecule has 3 aromatic rings. The second kappa shape index (κ2) is 7.91. The van der Waals surface area contributed by atoms with Crippen LogP contribution >= 0.6 is 0 Å². The molecule has 0 aliphatic heterocycles. The first kappa shape index (κ1) is 19.1. The monoisotopic (exact) mass is 380 g/mol. The van der Waals surface area contributed by atoms with E-state index in [1.807, 2.05) is 32.0 Å². The zero-order chi connectivity index (χ0) is 20.3. The van der Waals surface area contributed by atoms with Gasteiger partial charge >= 0.3 is 0 Å². The van der Waals surface area contributed by atoms with E-state index in [1.54, 1.807) is 19.4 Å². The lowest BCUT2D eigenvalue weighted by molar-refractivity contribution is -0.384. The number of hydrogen-bond donors (Lipinski definition) is 1. The Balaban J connectivity index is 1.88. The summed E-state index contributed by atoms with van der Waals surface area (Å²) in [6.07, 6.45) is 4.60. The number of benzene rings is 2. The van der Waals surface area contributed by atoms with Crippen molar-refractivity contribution in [3.8, 4) is 11.4 Å². The number of aryl methyl sites for hydroxylation is 1. The Hall–Kier alpha value is -3.68. The first-order chi connectivity index (χ1) is 13.4. The van der Waals surface area contributed by atoms with E-state index in [-0.39, 0.29) is 17.3 Å². The van der Waals surface area contributed by atoms with E-state index in [9.17, 15) is 14.9 Å². The van der Waals surface area contributed by atoms with Crippen LogP contribution in [0.4, 0.5) is 5.69 Å². The van der Waals surface area contributed by atoms with Crippen LogP contribution in [-0.4, -0.2) is 27.5 Å². The average molecular weight is 380 g/mol. The van der Waals surface area contributed by atoms with Gasteiger partial charge in [-0.1, -0.05) is 17.7 Å².